The number of methoxy groups -OCH3 is 2. The maximum atomic E-state index is 11.4. The van der Waals surface area contributed by atoms with Gasteiger partial charge in [0.25, 0.3) is 0 Å². The van der Waals surface area contributed by atoms with Crippen molar-refractivity contribution in [2.75, 3.05) is 33.9 Å². The standard InChI is InChI=1S/C11H21NO3/c1-9(8-14-2)12-6-4-5-10(7-12)11(13)15-3/h9-10H,4-8H2,1-3H3/t9?,10-/m0/s1. The number of rotatable bonds is 4. The summed E-state index contributed by atoms with van der Waals surface area (Å²) in [4.78, 5) is 13.7. The summed E-state index contributed by atoms with van der Waals surface area (Å²) in [7, 11) is 3.16. The fraction of sp³-hybridized carbons (Fsp3) is 0.909. The maximum absolute atomic E-state index is 11.4. The van der Waals surface area contributed by atoms with Gasteiger partial charge in [-0.25, -0.2) is 0 Å². The summed E-state index contributed by atoms with van der Waals surface area (Å²) in [5, 5.41) is 0. The molecule has 0 aliphatic carbocycles. The SMILES string of the molecule is COCC(C)N1CCC[C@H](C(=O)OC)C1. The van der Waals surface area contributed by atoms with Crippen molar-refractivity contribution in [2.24, 2.45) is 5.92 Å². The van der Waals surface area contributed by atoms with Crippen molar-refractivity contribution in [2.45, 2.75) is 25.8 Å². The van der Waals surface area contributed by atoms with E-state index in [1.807, 2.05) is 0 Å². The molecular formula is C11H21NO3. The zero-order valence-electron chi connectivity index (χ0n) is 9.86. The molecule has 1 rings (SSSR count). The fourth-order valence-corrected chi connectivity index (χ4v) is 2.11. The predicted octanol–water partition coefficient (Wildman–Crippen LogP) is 0.906. The van der Waals surface area contributed by atoms with E-state index in [1.165, 1.54) is 7.11 Å². The van der Waals surface area contributed by atoms with Crippen molar-refractivity contribution in [3.63, 3.8) is 0 Å². The van der Waals surface area contributed by atoms with Crippen molar-refractivity contribution < 1.29 is 14.3 Å². The average molecular weight is 215 g/mol. The maximum Gasteiger partial charge on any atom is 0.309 e. The zero-order chi connectivity index (χ0) is 11.3. The molecule has 1 heterocycles. The highest BCUT2D eigenvalue weighted by Gasteiger charge is 2.28. The summed E-state index contributed by atoms with van der Waals surface area (Å²) in [6, 6.07) is 0.377. The number of hydrogen-bond donors (Lipinski definition) is 0. The summed E-state index contributed by atoms with van der Waals surface area (Å²) in [6.07, 6.45) is 2.01. The Kier molecular flexibility index (Phi) is 5.05. The van der Waals surface area contributed by atoms with E-state index in [0.717, 1.165) is 25.9 Å². The number of likely N-dealkylation sites (tertiary alicyclic amines) is 1. The van der Waals surface area contributed by atoms with E-state index in [1.54, 1.807) is 7.11 Å². The second-order valence-corrected chi connectivity index (χ2v) is 4.16. The molecule has 15 heavy (non-hydrogen) atoms. The van der Waals surface area contributed by atoms with Crippen LogP contribution in [0.15, 0.2) is 0 Å². The van der Waals surface area contributed by atoms with Crippen LogP contribution in [0.3, 0.4) is 0 Å². The zero-order valence-corrected chi connectivity index (χ0v) is 9.86. The molecule has 0 saturated carbocycles. The Morgan fingerprint density at radius 3 is 2.87 bits per heavy atom. The number of esters is 1. The Balaban J connectivity index is 2.44. The smallest absolute Gasteiger partial charge is 0.309 e. The molecule has 1 fully saturated rings. The molecule has 0 aromatic carbocycles. The minimum atomic E-state index is -0.0793. The van der Waals surface area contributed by atoms with Gasteiger partial charge in [-0.2, -0.15) is 0 Å². The van der Waals surface area contributed by atoms with Crippen LogP contribution in [0.1, 0.15) is 19.8 Å². The Morgan fingerprint density at radius 2 is 2.27 bits per heavy atom. The molecule has 0 radical (unpaired) electrons. The third-order valence-corrected chi connectivity index (χ3v) is 3.02. The van der Waals surface area contributed by atoms with Gasteiger partial charge in [-0.05, 0) is 26.3 Å². The van der Waals surface area contributed by atoms with Crippen molar-refractivity contribution in [1.29, 1.82) is 0 Å². The third-order valence-electron chi connectivity index (χ3n) is 3.02. The lowest BCUT2D eigenvalue weighted by atomic mass is 9.97. The minimum absolute atomic E-state index is 0.0445. The van der Waals surface area contributed by atoms with E-state index in [9.17, 15) is 4.79 Å². The molecular weight excluding hydrogens is 194 g/mol. The largest absolute Gasteiger partial charge is 0.469 e. The van der Waals surface area contributed by atoms with Crippen LogP contribution in [0.2, 0.25) is 0 Å². The van der Waals surface area contributed by atoms with Gasteiger partial charge in [0.15, 0.2) is 0 Å². The Morgan fingerprint density at radius 1 is 1.53 bits per heavy atom. The van der Waals surface area contributed by atoms with Crippen LogP contribution in [0.4, 0.5) is 0 Å². The monoisotopic (exact) mass is 215 g/mol. The molecule has 1 unspecified atom stereocenters. The molecule has 4 heteroatoms. The van der Waals surface area contributed by atoms with Crippen molar-refractivity contribution in [3.05, 3.63) is 0 Å². The molecule has 2 atom stereocenters. The highest BCUT2D eigenvalue weighted by Crippen LogP contribution is 2.19. The molecule has 88 valence electrons. The molecule has 0 amide bonds. The normalized spacial score (nSPS) is 24.9. The van der Waals surface area contributed by atoms with E-state index in [2.05, 4.69) is 11.8 Å². The second kappa shape index (κ2) is 6.08. The first kappa shape index (κ1) is 12.5. The van der Waals surface area contributed by atoms with Crippen LogP contribution in [0.25, 0.3) is 0 Å². The lowest BCUT2D eigenvalue weighted by molar-refractivity contribution is -0.147. The molecule has 0 spiro atoms. The Hall–Kier alpha value is -0.610. The van der Waals surface area contributed by atoms with Gasteiger partial charge >= 0.3 is 5.97 Å². The number of piperidine rings is 1. The number of hydrogen-bond acceptors (Lipinski definition) is 4. The van der Waals surface area contributed by atoms with E-state index >= 15 is 0 Å². The van der Waals surface area contributed by atoms with Gasteiger partial charge in [0, 0.05) is 19.7 Å². The van der Waals surface area contributed by atoms with E-state index in [4.69, 9.17) is 9.47 Å². The van der Waals surface area contributed by atoms with Gasteiger partial charge in [0.05, 0.1) is 19.6 Å². The van der Waals surface area contributed by atoms with Gasteiger partial charge < -0.3 is 9.47 Å². The number of carbonyl (C=O) groups is 1. The first-order valence-electron chi connectivity index (χ1n) is 5.49. The van der Waals surface area contributed by atoms with E-state index < -0.39 is 0 Å². The molecule has 0 bridgehead atoms. The quantitative estimate of drug-likeness (QED) is 0.653. The Bertz CT molecular complexity index is 208. The van der Waals surface area contributed by atoms with E-state index in [-0.39, 0.29) is 11.9 Å². The van der Waals surface area contributed by atoms with Gasteiger partial charge in [-0.15, -0.1) is 0 Å². The first-order chi connectivity index (χ1) is 7.19. The van der Waals surface area contributed by atoms with Crippen LogP contribution < -0.4 is 0 Å². The second-order valence-electron chi connectivity index (χ2n) is 4.16. The van der Waals surface area contributed by atoms with Crippen LogP contribution in [0.5, 0.6) is 0 Å². The molecule has 4 nitrogen and oxygen atoms in total. The highest BCUT2D eigenvalue weighted by atomic mass is 16.5. The molecule has 0 aromatic rings. The van der Waals surface area contributed by atoms with Crippen LogP contribution >= 0.6 is 0 Å². The van der Waals surface area contributed by atoms with Crippen LogP contribution in [-0.2, 0) is 14.3 Å². The van der Waals surface area contributed by atoms with Gasteiger partial charge in [-0.3, -0.25) is 9.69 Å². The first-order valence-corrected chi connectivity index (χ1v) is 5.49. The number of nitrogens with zero attached hydrogens (tertiary/aromatic N) is 1. The average Bonchev–Trinajstić information content (AvgIpc) is 2.28. The summed E-state index contributed by atoms with van der Waals surface area (Å²) in [5.74, 6) is -0.0348. The van der Waals surface area contributed by atoms with Crippen LogP contribution in [-0.4, -0.2) is 50.8 Å². The van der Waals surface area contributed by atoms with E-state index in [0.29, 0.717) is 12.6 Å². The molecule has 0 N–H and O–H groups in total. The van der Waals surface area contributed by atoms with Gasteiger partial charge in [-0.1, -0.05) is 0 Å². The summed E-state index contributed by atoms with van der Waals surface area (Å²) < 4.78 is 9.90. The van der Waals surface area contributed by atoms with Gasteiger partial charge in [0.1, 0.15) is 0 Å². The topological polar surface area (TPSA) is 38.8 Å². The van der Waals surface area contributed by atoms with Gasteiger partial charge in [0.2, 0.25) is 0 Å². The summed E-state index contributed by atoms with van der Waals surface area (Å²) in [5.41, 5.74) is 0. The van der Waals surface area contributed by atoms with Crippen molar-refractivity contribution in [3.8, 4) is 0 Å². The Labute approximate surface area is 91.5 Å². The molecule has 1 aliphatic heterocycles. The van der Waals surface area contributed by atoms with Crippen molar-refractivity contribution >= 4 is 5.97 Å². The summed E-state index contributed by atoms with van der Waals surface area (Å²) >= 11 is 0. The lowest BCUT2D eigenvalue weighted by Crippen LogP contribution is -2.45. The minimum Gasteiger partial charge on any atom is -0.469 e. The lowest BCUT2D eigenvalue weighted by Gasteiger charge is -2.35. The molecule has 1 saturated heterocycles. The van der Waals surface area contributed by atoms with Crippen LogP contribution in [0, 0.1) is 5.92 Å². The number of ether oxygens (including phenoxy) is 2. The third kappa shape index (κ3) is 3.47. The fourth-order valence-electron chi connectivity index (χ4n) is 2.11. The molecule has 0 aromatic heterocycles. The highest BCUT2D eigenvalue weighted by molar-refractivity contribution is 5.72. The molecule has 1 aliphatic rings. The van der Waals surface area contributed by atoms with Crippen molar-refractivity contribution in [1.82, 2.24) is 4.90 Å². The number of carbonyl (C=O) groups excluding carboxylic acids is 1. The predicted molar refractivity (Wildman–Crippen MR) is 57.7 cm³/mol. The summed E-state index contributed by atoms with van der Waals surface area (Å²) in [6.45, 7) is 4.70.